The summed E-state index contributed by atoms with van der Waals surface area (Å²) in [5, 5.41) is 2.06. The van der Waals surface area contributed by atoms with E-state index in [1.807, 2.05) is 0 Å². The number of carbonyl (C=O) groups excluding carboxylic acids is 4. The molecule has 1 heterocycles. The third kappa shape index (κ3) is 6.10. The summed E-state index contributed by atoms with van der Waals surface area (Å²) in [5.74, 6) is -0.997. The van der Waals surface area contributed by atoms with E-state index in [0.29, 0.717) is 24.5 Å². The summed E-state index contributed by atoms with van der Waals surface area (Å²) in [7, 11) is 2.77. The highest BCUT2D eigenvalue weighted by atomic mass is 32.2. The molecule has 1 N–H and O–H groups in total. The molecular weight excluding hydrogens is 388 g/mol. The summed E-state index contributed by atoms with van der Waals surface area (Å²) >= 11 is 0.770. The maximum Gasteiger partial charge on any atom is 0.343 e. The minimum absolute atomic E-state index is 0.207. The minimum Gasteiger partial charge on any atom is -0.482 e. The van der Waals surface area contributed by atoms with E-state index in [1.54, 1.807) is 30.3 Å². The summed E-state index contributed by atoms with van der Waals surface area (Å²) in [6.45, 7) is 0.0892. The first kappa shape index (κ1) is 21.5. The van der Waals surface area contributed by atoms with Gasteiger partial charge in [0.2, 0.25) is 5.91 Å². The lowest BCUT2D eigenvalue weighted by Gasteiger charge is -2.12. The third-order valence-electron chi connectivity index (χ3n) is 3.57. The van der Waals surface area contributed by atoms with Crippen molar-refractivity contribution in [2.75, 3.05) is 40.5 Å². The molecule has 9 nitrogen and oxygen atoms in total. The normalized spacial score (nSPS) is 15.1. The van der Waals surface area contributed by atoms with Crippen LogP contribution in [-0.4, -0.2) is 68.4 Å². The van der Waals surface area contributed by atoms with Crippen LogP contribution in [0.4, 0.5) is 4.79 Å². The number of carbonyl (C=O) groups is 4. The van der Waals surface area contributed by atoms with E-state index in [1.165, 1.54) is 14.2 Å². The highest BCUT2D eigenvalue weighted by Gasteiger charge is 2.36. The van der Waals surface area contributed by atoms with Crippen LogP contribution in [0.5, 0.6) is 5.75 Å². The van der Waals surface area contributed by atoms with Crippen LogP contribution >= 0.6 is 11.8 Å². The molecule has 1 fully saturated rings. The number of hydrogen-bond donors (Lipinski definition) is 1. The van der Waals surface area contributed by atoms with Crippen LogP contribution < -0.4 is 10.1 Å². The highest BCUT2D eigenvalue weighted by molar-refractivity contribution is 8.18. The van der Waals surface area contributed by atoms with E-state index in [0.717, 1.165) is 16.7 Å². The molecule has 3 amide bonds. The largest absolute Gasteiger partial charge is 0.482 e. The molecule has 0 radical (unpaired) electrons. The van der Waals surface area contributed by atoms with Crippen molar-refractivity contribution >= 4 is 40.9 Å². The molecule has 10 heteroatoms. The van der Waals surface area contributed by atoms with Gasteiger partial charge in [-0.2, -0.15) is 0 Å². The number of ether oxygens (including phenoxy) is 3. The van der Waals surface area contributed by atoms with Gasteiger partial charge in [-0.05, 0) is 35.5 Å². The Bertz CT molecular complexity index is 777. The number of hydrogen-bond acceptors (Lipinski definition) is 8. The van der Waals surface area contributed by atoms with Crippen LogP contribution in [0.3, 0.4) is 0 Å². The molecule has 1 aromatic rings. The lowest BCUT2D eigenvalue weighted by Crippen LogP contribution is -2.40. The molecule has 0 aliphatic carbocycles. The zero-order chi connectivity index (χ0) is 20.5. The number of esters is 1. The van der Waals surface area contributed by atoms with Gasteiger partial charge in [0.15, 0.2) is 6.61 Å². The van der Waals surface area contributed by atoms with Crippen molar-refractivity contribution < 1.29 is 33.4 Å². The lowest BCUT2D eigenvalue weighted by molar-refractivity contribution is -0.142. The standard InChI is InChI=1S/C18H20N2O7S/c1-25-8-7-19-15(21)10-20-17(23)14(28-18(20)24)9-12-3-5-13(6-4-12)27-11-16(22)26-2/h3-6,9H,7-8,10-11H2,1-2H3,(H,19,21)/b14-9-. The van der Waals surface area contributed by atoms with Crippen molar-refractivity contribution in [3.8, 4) is 5.75 Å². The van der Waals surface area contributed by atoms with Gasteiger partial charge in [0, 0.05) is 13.7 Å². The Balaban J connectivity index is 1.97. The Morgan fingerprint density at radius 1 is 1.18 bits per heavy atom. The van der Waals surface area contributed by atoms with Gasteiger partial charge in [-0.3, -0.25) is 19.3 Å². The predicted molar refractivity (Wildman–Crippen MR) is 102 cm³/mol. The van der Waals surface area contributed by atoms with Crippen LogP contribution in [0, 0.1) is 0 Å². The predicted octanol–water partition coefficient (Wildman–Crippen LogP) is 1.04. The molecule has 1 aromatic carbocycles. The molecule has 150 valence electrons. The van der Waals surface area contributed by atoms with E-state index >= 15 is 0 Å². The SMILES string of the molecule is COCCNC(=O)CN1C(=O)S/C(=C\c2ccc(OCC(=O)OC)cc2)C1=O. The van der Waals surface area contributed by atoms with E-state index < -0.39 is 23.0 Å². The first-order valence-corrected chi connectivity index (χ1v) is 9.07. The van der Waals surface area contributed by atoms with Gasteiger partial charge in [-0.25, -0.2) is 4.79 Å². The molecular formula is C18H20N2O7S. The lowest BCUT2D eigenvalue weighted by atomic mass is 10.2. The van der Waals surface area contributed by atoms with Crippen LogP contribution in [0.2, 0.25) is 0 Å². The number of thioether (sulfide) groups is 1. The van der Waals surface area contributed by atoms with E-state index in [4.69, 9.17) is 9.47 Å². The smallest absolute Gasteiger partial charge is 0.343 e. The summed E-state index contributed by atoms with van der Waals surface area (Å²) in [4.78, 5) is 48.4. The minimum atomic E-state index is -0.525. The molecule has 0 atom stereocenters. The highest BCUT2D eigenvalue weighted by Crippen LogP contribution is 2.32. The quantitative estimate of drug-likeness (QED) is 0.367. The molecule has 0 spiro atoms. The zero-order valence-corrected chi connectivity index (χ0v) is 16.2. The van der Waals surface area contributed by atoms with E-state index in [9.17, 15) is 19.2 Å². The number of rotatable bonds is 9. The van der Waals surface area contributed by atoms with Crippen LogP contribution in [0.1, 0.15) is 5.56 Å². The molecule has 0 bridgehead atoms. The second-order valence-corrected chi connectivity index (χ2v) is 6.54. The Labute approximate surface area is 166 Å². The van der Waals surface area contributed by atoms with Gasteiger partial charge >= 0.3 is 5.97 Å². The van der Waals surface area contributed by atoms with Crippen molar-refractivity contribution in [1.82, 2.24) is 10.2 Å². The third-order valence-corrected chi connectivity index (χ3v) is 4.47. The fraction of sp³-hybridized carbons (Fsp3) is 0.333. The second kappa shape index (κ2) is 10.5. The second-order valence-electron chi connectivity index (χ2n) is 5.54. The number of nitrogens with zero attached hydrogens (tertiary/aromatic N) is 1. The molecule has 0 aromatic heterocycles. The van der Waals surface area contributed by atoms with Crippen molar-refractivity contribution in [1.29, 1.82) is 0 Å². The van der Waals surface area contributed by atoms with E-state index in [-0.39, 0.29) is 18.1 Å². The molecule has 1 aliphatic rings. The van der Waals surface area contributed by atoms with Crippen LogP contribution in [0.25, 0.3) is 6.08 Å². The number of amides is 3. The van der Waals surface area contributed by atoms with Crippen LogP contribution in [-0.2, 0) is 23.9 Å². The topological polar surface area (TPSA) is 111 Å². The molecule has 2 rings (SSSR count). The summed E-state index contributed by atoms with van der Waals surface area (Å²) in [6, 6.07) is 6.61. The Morgan fingerprint density at radius 3 is 2.54 bits per heavy atom. The van der Waals surface area contributed by atoms with Gasteiger partial charge in [-0.15, -0.1) is 0 Å². The first-order valence-electron chi connectivity index (χ1n) is 8.25. The summed E-state index contributed by atoms with van der Waals surface area (Å²) < 4.78 is 14.5. The van der Waals surface area contributed by atoms with Gasteiger partial charge in [0.1, 0.15) is 12.3 Å². The maximum absolute atomic E-state index is 12.4. The maximum atomic E-state index is 12.4. The summed E-state index contributed by atoms with van der Waals surface area (Å²) in [6.07, 6.45) is 1.55. The molecule has 0 unspecified atom stereocenters. The van der Waals surface area contributed by atoms with Crippen molar-refractivity contribution in [3.63, 3.8) is 0 Å². The number of imide groups is 1. The number of nitrogens with one attached hydrogen (secondary N) is 1. The average Bonchev–Trinajstić information content (AvgIpc) is 2.94. The molecule has 1 aliphatic heterocycles. The summed E-state index contributed by atoms with van der Waals surface area (Å²) in [5.41, 5.74) is 0.667. The first-order chi connectivity index (χ1) is 13.4. The van der Waals surface area contributed by atoms with E-state index in [2.05, 4.69) is 10.1 Å². The van der Waals surface area contributed by atoms with Gasteiger partial charge in [-0.1, -0.05) is 12.1 Å². The molecule has 0 saturated carbocycles. The Hall–Kier alpha value is -2.85. The average molecular weight is 408 g/mol. The van der Waals surface area contributed by atoms with Crippen molar-refractivity contribution in [2.45, 2.75) is 0 Å². The Kier molecular flexibility index (Phi) is 8.02. The number of benzene rings is 1. The zero-order valence-electron chi connectivity index (χ0n) is 15.4. The fourth-order valence-corrected chi connectivity index (χ4v) is 2.98. The molecule has 28 heavy (non-hydrogen) atoms. The Morgan fingerprint density at radius 2 is 1.89 bits per heavy atom. The van der Waals surface area contributed by atoms with Crippen LogP contribution in [0.15, 0.2) is 29.2 Å². The molecule has 1 saturated heterocycles. The fourth-order valence-electron chi connectivity index (χ4n) is 2.14. The van der Waals surface area contributed by atoms with Gasteiger partial charge in [0.05, 0.1) is 18.6 Å². The monoisotopic (exact) mass is 408 g/mol. The van der Waals surface area contributed by atoms with Crippen molar-refractivity contribution in [2.24, 2.45) is 0 Å². The van der Waals surface area contributed by atoms with Gasteiger partial charge in [0.25, 0.3) is 11.1 Å². The van der Waals surface area contributed by atoms with Crippen molar-refractivity contribution in [3.05, 3.63) is 34.7 Å². The van der Waals surface area contributed by atoms with Gasteiger partial charge < -0.3 is 19.5 Å². The number of methoxy groups -OCH3 is 2.